The highest BCUT2D eigenvalue weighted by molar-refractivity contribution is 4.93. The van der Waals surface area contributed by atoms with E-state index in [1.807, 2.05) is 0 Å². The van der Waals surface area contributed by atoms with Crippen LogP contribution in [0.1, 0.15) is 26.2 Å². The van der Waals surface area contributed by atoms with Crippen LogP contribution in [-0.4, -0.2) is 0 Å². The van der Waals surface area contributed by atoms with Crippen molar-refractivity contribution in [2.75, 3.05) is 0 Å². The molecule has 1 unspecified atom stereocenters. The molecule has 0 fully saturated rings. The van der Waals surface area contributed by atoms with Gasteiger partial charge in [0.2, 0.25) is 0 Å². The predicted molar refractivity (Wildman–Crippen MR) is 37.5 cm³/mol. The van der Waals surface area contributed by atoms with Gasteiger partial charge in [0.25, 0.3) is 0 Å². The molecule has 1 heteroatoms. The minimum atomic E-state index is -0.0371. The largest absolute Gasteiger partial charge is 0.198 e. The molecule has 0 aromatic carbocycles. The highest BCUT2D eigenvalue weighted by Gasteiger charge is 1.98. The van der Waals surface area contributed by atoms with Gasteiger partial charge in [-0.05, 0) is 6.42 Å². The third kappa shape index (κ3) is 3.78. The van der Waals surface area contributed by atoms with Crippen molar-refractivity contribution in [1.82, 2.24) is 0 Å². The molecule has 1 atom stereocenters. The van der Waals surface area contributed by atoms with Crippen LogP contribution >= 0.6 is 0 Å². The summed E-state index contributed by atoms with van der Waals surface area (Å²) in [7, 11) is 0. The van der Waals surface area contributed by atoms with E-state index in [1.54, 1.807) is 0 Å². The topological polar surface area (TPSA) is 23.8 Å². The maximum absolute atomic E-state index is 8.39. The third-order valence-electron chi connectivity index (χ3n) is 1.27. The Balaban J connectivity index is 3.34. The molecule has 0 bridgehead atoms. The smallest absolute Gasteiger partial charge is 0.0697 e. The van der Waals surface area contributed by atoms with Crippen LogP contribution in [0.4, 0.5) is 0 Å². The predicted octanol–water partition coefficient (Wildman–Crippen LogP) is 2.31. The summed E-state index contributed by atoms with van der Waals surface area (Å²) in [6, 6.07) is 2.11. The quantitative estimate of drug-likeness (QED) is 0.561. The van der Waals surface area contributed by atoms with E-state index in [1.165, 1.54) is 6.08 Å². The average molecular weight is 122 g/mol. The number of hydrogen-bond donors (Lipinski definition) is 0. The SMILES string of the molecule is [CH]=CC(C#N)CCCC. The van der Waals surface area contributed by atoms with E-state index in [0.29, 0.717) is 0 Å². The highest BCUT2D eigenvalue weighted by Crippen LogP contribution is 2.06. The van der Waals surface area contributed by atoms with Crippen LogP contribution in [0.15, 0.2) is 6.08 Å². The van der Waals surface area contributed by atoms with E-state index in [0.717, 1.165) is 19.3 Å². The van der Waals surface area contributed by atoms with Gasteiger partial charge in [0, 0.05) is 0 Å². The molecule has 0 aliphatic carbocycles. The van der Waals surface area contributed by atoms with Crippen LogP contribution in [0.25, 0.3) is 0 Å². The average Bonchev–Trinajstić information content (AvgIpc) is 1.91. The minimum Gasteiger partial charge on any atom is -0.198 e. The molecule has 0 saturated heterocycles. The van der Waals surface area contributed by atoms with Gasteiger partial charge in [-0.25, -0.2) is 0 Å². The summed E-state index contributed by atoms with van der Waals surface area (Å²) in [5, 5.41) is 8.39. The zero-order chi connectivity index (χ0) is 7.11. The highest BCUT2D eigenvalue weighted by atomic mass is 14.3. The van der Waals surface area contributed by atoms with E-state index < -0.39 is 0 Å². The van der Waals surface area contributed by atoms with E-state index in [4.69, 9.17) is 11.8 Å². The Morgan fingerprint density at radius 3 is 2.78 bits per heavy atom. The second kappa shape index (κ2) is 5.37. The summed E-state index contributed by atoms with van der Waals surface area (Å²) >= 11 is 0. The summed E-state index contributed by atoms with van der Waals surface area (Å²) in [6.07, 6.45) is 4.59. The standard InChI is InChI=1S/C8H12N/c1-3-5-6-8(4-2)7-9/h2,4,8H,3,5-6H2,1H3. The lowest BCUT2D eigenvalue weighted by Gasteiger charge is -1.98. The first-order valence-electron chi connectivity index (χ1n) is 3.29. The summed E-state index contributed by atoms with van der Waals surface area (Å²) in [6.45, 7) is 7.28. The Morgan fingerprint density at radius 1 is 1.78 bits per heavy atom. The van der Waals surface area contributed by atoms with Gasteiger partial charge >= 0.3 is 0 Å². The van der Waals surface area contributed by atoms with Crippen LogP contribution in [0, 0.1) is 23.8 Å². The Hall–Kier alpha value is -0.770. The van der Waals surface area contributed by atoms with Crippen molar-refractivity contribution in [3.63, 3.8) is 0 Å². The fourth-order valence-corrected chi connectivity index (χ4v) is 0.628. The lowest BCUT2D eigenvalue weighted by molar-refractivity contribution is 0.651. The Bertz CT molecular complexity index is 110. The molecule has 1 radical (unpaired) electrons. The molecular formula is C8H12N. The first kappa shape index (κ1) is 8.23. The van der Waals surface area contributed by atoms with Gasteiger partial charge < -0.3 is 0 Å². The van der Waals surface area contributed by atoms with Crippen molar-refractivity contribution in [2.45, 2.75) is 26.2 Å². The van der Waals surface area contributed by atoms with E-state index in [9.17, 15) is 0 Å². The molecule has 0 heterocycles. The second-order valence-electron chi connectivity index (χ2n) is 2.07. The molecule has 0 aliphatic rings. The normalized spacial score (nSPS) is 12.0. The maximum Gasteiger partial charge on any atom is 0.0697 e. The van der Waals surface area contributed by atoms with Gasteiger partial charge in [-0.3, -0.25) is 0 Å². The monoisotopic (exact) mass is 122 g/mol. The van der Waals surface area contributed by atoms with Crippen LogP contribution in [0.2, 0.25) is 0 Å². The fourth-order valence-electron chi connectivity index (χ4n) is 0.628. The summed E-state index contributed by atoms with van der Waals surface area (Å²) in [5.41, 5.74) is 0. The molecular weight excluding hydrogens is 110 g/mol. The molecule has 1 nitrogen and oxygen atoms in total. The van der Waals surface area contributed by atoms with Crippen LogP contribution in [0.3, 0.4) is 0 Å². The van der Waals surface area contributed by atoms with Crippen molar-refractivity contribution in [2.24, 2.45) is 5.92 Å². The molecule has 0 N–H and O–H groups in total. The van der Waals surface area contributed by atoms with E-state index in [-0.39, 0.29) is 5.92 Å². The number of unbranched alkanes of at least 4 members (excludes halogenated alkanes) is 1. The van der Waals surface area contributed by atoms with Crippen molar-refractivity contribution in [1.29, 1.82) is 5.26 Å². The van der Waals surface area contributed by atoms with E-state index in [2.05, 4.69) is 13.0 Å². The summed E-state index contributed by atoms with van der Waals surface area (Å²) in [4.78, 5) is 0. The molecule has 0 amide bonds. The molecule has 0 spiro atoms. The molecule has 0 aromatic rings. The van der Waals surface area contributed by atoms with E-state index >= 15 is 0 Å². The van der Waals surface area contributed by atoms with Crippen LogP contribution in [-0.2, 0) is 0 Å². The maximum atomic E-state index is 8.39. The minimum absolute atomic E-state index is 0.0371. The van der Waals surface area contributed by atoms with Gasteiger partial charge in [-0.15, -0.1) is 0 Å². The third-order valence-corrected chi connectivity index (χ3v) is 1.27. The van der Waals surface area contributed by atoms with Crippen LogP contribution in [0.5, 0.6) is 0 Å². The molecule has 0 saturated carbocycles. The number of hydrogen-bond acceptors (Lipinski definition) is 1. The number of nitrogens with zero attached hydrogens (tertiary/aromatic N) is 1. The summed E-state index contributed by atoms with van der Waals surface area (Å²) < 4.78 is 0. The lowest BCUT2D eigenvalue weighted by atomic mass is 10.0. The van der Waals surface area contributed by atoms with Gasteiger partial charge in [0.05, 0.1) is 12.0 Å². The van der Waals surface area contributed by atoms with Crippen molar-refractivity contribution >= 4 is 0 Å². The Kier molecular flexibility index (Phi) is 4.91. The van der Waals surface area contributed by atoms with Crippen LogP contribution < -0.4 is 0 Å². The van der Waals surface area contributed by atoms with Gasteiger partial charge in [0.1, 0.15) is 0 Å². The molecule has 0 aliphatic heterocycles. The lowest BCUT2D eigenvalue weighted by Crippen LogP contribution is -1.89. The van der Waals surface area contributed by atoms with Crippen molar-refractivity contribution < 1.29 is 0 Å². The zero-order valence-electron chi connectivity index (χ0n) is 5.80. The number of rotatable bonds is 4. The van der Waals surface area contributed by atoms with Gasteiger partial charge in [-0.1, -0.05) is 32.4 Å². The Morgan fingerprint density at radius 2 is 2.44 bits per heavy atom. The Labute approximate surface area is 57.0 Å². The van der Waals surface area contributed by atoms with Gasteiger partial charge in [-0.2, -0.15) is 5.26 Å². The first-order chi connectivity index (χ1) is 4.35. The fraction of sp³-hybridized carbons (Fsp3) is 0.625. The van der Waals surface area contributed by atoms with Crippen molar-refractivity contribution in [3.05, 3.63) is 12.7 Å². The second-order valence-corrected chi connectivity index (χ2v) is 2.07. The summed E-state index contributed by atoms with van der Waals surface area (Å²) in [5.74, 6) is -0.0371. The number of nitriles is 1. The molecule has 0 rings (SSSR count). The molecule has 0 aromatic heterocycles. The zero-order valence-corrected chi connectivity index (χ0v) is 5.80. The molecule has 9 heavy (non-hydrogen) atoms. The van der Waals surface area contributed by atoms with Gasteiger partial charge in [0.15, 0.2) is 0 Å². The molecule has 49 valence electrons. The number of allylic oxidation sites excluding steroid dienone is 1. The first-order valence-corrected chi connectivity index (χ1v) is 3.29. The van der Waals surface area contributed by atoms with Crippen molar-refractivity contribution in [3.8, 4) is 6.07 Å².